The van der Waals surface area contributed by atoms with Gasteiger partial charge in [-0.2, -0.15) is 0 Å². The highest BCUT2D eigenvalue weighted by atomic mass is 28.4. The molecule has 112 valence electrons. The summed E-state index contributed by atoms with van der Waals surface area (Å²) in [6.45, 7) is 13.7. The third-order valence-electron chi connectivity index (χ3n) is 4.89. The van der Waals surface area contributed by atoms with E-state index in [4.69, 9.17) is 4.43 Å². The van der Waals surface area contributed by atoms with Gasteiger partial charge in [-0.1, -0.05) is 47.0 Å². The normalized spacial score (nSPS) is 25.2. The standard InChI is InChI=1S/C16H32O2Si/c1-7-8-9-10-15(14-11-13(14)12-17)18-19(5,6)16(2,3)4/h12-15H,7-11H2,1-6H3/t13-,14+,15-/m1/s1. The Hall–Kier alpha value is -0.153. The monoisotopic (exact) mass is 284 g/mol. The number of carbonyl (C=O) groups excluding carboxylic acids is 1. The molecule has 0 N–H and O–H groups in total. The predicted molar refractivity (Wildman–Crippen MR) is 83.9 cm³/mol. The van der Waals surface area contributed by atoms with Gasteiger partial charge >= 0.3 is 0 Å². The van der Waals surface area contributed by atoms with Crippen LogP contribution in [-0.4, -0.2) is 20.7 Å². The fourth-order valence-corrected chi connectivity index (χ4v) is 3.73. The first-order valence-electron chi connectivity index (χ1n) is 7.86. The molecule has 3 heteroatoms. The van der Waals surface area contributed by atoms with Gasteiger partial charge < -0.3 is 9.22 Å². The van der Waals surface area contributed by atoms with E-state index in [1.165, 1.54) is 19.3 Å². The van der Waals surface area contributed by atoms with Crippen molar-refractivity contribution in [2.75, 3.05) is 0 Å². The van der Waals surface area contributed by atoms with Gasteiger partial charge in [-0.15, -0.1) is 0 Å². The summed E-state index contributed by atoms with van der Waals surface area (Å²) < 4.78 is 6.58. The number of carbonyl (C=O) groups is 1. The van der Waals surface area contributed by atoms with Crippen molar-refractivity contribution in [3.8, 4) is 0 Å². The maximum atomic E-state index is 10.9. The summed E-state index contributed by atoms with van der Waals surface area (Å²) in [5, 5.41) is 0.252. The Morgan fingerprint density at radius 2 is 1.95 bits per heavy atom. The average molecular weight is 285 g/mol. The van der Waals surface area contributed by atoms with E-state index in [1.807, 2.05) is 0 Å². The lowest BCUT2D eigenvalue weighted by atomic mass is 10.1. The molecule has 3 atom stereocenters. The Bertz CT molecular complexity index is 294. The SMILES string of the molecule is CCCCC[C@@H](O[Si](C)(C)C(C)(C)C)[C@H]1C[C@@H]1C=O. The van der Waals surface area contributed by atoms with E-state index in [0.29, 0.717) is 12.0 Å². The van der Waals surface area contributed by atoms with Crippen molar-refractivity contribution in [1.82, 2.24) is 0 Å². The van der Waals surface area contributed by atoms with Crippen LogP contribution in [0.4, 0.5) is 0 Å². The van der Waals surface area contributed by atoms with Crippen LogP contribution in [0.2, 0.25) is 18.1 Å². The van der Waals surface area contributed by atoms with Gasteiger partial charge in [0.1, 0.15) is 6.29 Å². The molecule has 0 bridgehead atoms. The summed E-state index contributed by atoms with van der Waals surface area (Å²) in [5.74, 6) is 0.778. The molecule has 0 radical (unpaired) electrons. The number of aldehydes is 1. The average Bonchev–Trinajstić information content (AvgIpc) is 3.05. The van der Waals surface area contributed by atoms with E-state index in [9.17, 15) is 4.79 Å². The van der Waals surface area contributed by atoms with Crippen molar-refractivity contribution in [2.24, 2.45) is 11.8 Å². The molecule has 0 saturated heterocycles. The molecule has 0 aromatic heterocycles. The molecule has 1 saturated carbocycles. The Morgan fingerprint density at radius 3 is 2.37 bits per heavy atom. The molecule has 1 rings (SSSR count). The van der Waals surface area contributed by atoms with Crippen LogP contribution in [0, 0.1) is 11.8 Å². The molecule has 1 aliphatic carbocycles. The van der Waals surface area contributed by atoms with Crippen molar-refractivity contribution in [2.45, 2.75) is 84.0 Å². The van der Waals surface area contributed by atoms with E-state index in [1.54, 1.807) is 0 Å². The van der Waals surface area contributed by atoms with Gasteiger partial charge in [-0.25, -0.2) is 0 Å². The summed E-state index contributed by atoms with van der Waals surface area (Å²) in [6, 6.07) is 0. The van der Waals surface area contributed by atoms with Crippen LogP contribution in [0.25, 0.3) is 0 Å². The second kappa shape index (κ2) is 6.53. The van der Waals surface area contributed by atoms with E-state index >= 15 is 0 Å². The first-order valence-corrected chi connectivity index (χ1v) is 10.8. The lowest BCUT2D eigenvalue weighted by Gasteiger charge is -2.39. The van der Waals surface area contributed by atoms with Gasteiger partial charge in [0.25, 0.3) is 0 Å². The Balaban J connectivity index is 2.61. The molecule has 1 fully saturated rings. The number of hydrogen-bond donors (Lipinski definition) is 0. The minimum atomic E-state index is -1.71. The van der Waals surface area contributed by atoms with Crippen molar-refractivity contribution in [3.63, 3.8) is 0 Å². The fourth-order valence-electron chi connectivity index (χ4n) is 2.33. The summed E-state index contributed by atoms with van der Waals surface area (Å²) in [7, 11) is -1.71. The molecule has 0 unspecified atom stereocenters. The van der Waals surface area contributed by atoms with Gasteiger partial charge in [-0.3, -0.25) is 0 Å². The van der Waals surface area contributed by atoms with Crippen LogP contribution < -0.4 is 0 Å². The van der Waals surface area contributed by atoms with Crippen molar-refractivity contribution < 1.29 is 9.22 Å². The highest BCUT2D eigenvalue weighted by Crippen LogP contribution is 2.46. The van der Waals surface area contributed by atoms with Gasteiger partial charge in [-0.05, 0) is 36.9 Å². The van der Waals surface area contributed by atoms with E-state index in [2.05, 4.69) is 40.8 Å². The minimum Gasteiger partial charge on any atom is -0.414 e. The van der Waals surface area contributed by atoms with Crippen LogP contribution in [0.3, 0.4) is 0 Å². The number of hydrogen-bond acceptors (Lipinski definition) is 2. The highest BCUT2D eigenvalue weighted by molar-refractivity contribution is 6.74. The van der Waals surface area contributed by atoms with Crippen LogP contribution in [0.1, 0.15) is 59.8 Å². The van der Waals surface area contributed by atoms with Gasteiger partial charge in [0.15, 0.2) is 8.32 Å². The van der Waals surface area contributed by atoms with Crippen LogP contribution in [0.15, 0.2) is 0 Å². The van der Waals surface area contributed by atoms with Crippen molar-refractivity contribution >= 4 is 14.6 Å². The zero-order chi connectivity index (χ0) is 14.7. The lowest BCUT2D eigenvalue weighted by Crippen LogP contribution is -2.44. The largest absolute Gasteiger partial charge is 0.414 e. The molecule has 0 aliphatic heterocycles. The van der Waals surface area contributed by atoms with Crippen LogP contribution in [0.5, 0.6) is 0 Å². The smallest absolute Gasteiger partial charge is 0.192 e. The molecule has 19 heavy (non-hydrogen) atoms. The molecular weight excluding hydrogens is 252 g/mol. The molecule has 1 aliphatic rings. The minimum absolute atomic E-state index is 0.252. The molecular formula is C16H32O2Si. The first kappa shape index (κ1) is 16.9. The van der Waals surface area contributed by atoms with Gasteiger partial charge in [0.2, 0.25) is 0 Å². The second-order valence-corrected chi connectivity index (χ2v) is 12.4. The van der Waals surface area contributed by atoms with E-state index < -0.39 is 8.32 Å². The zero-order valence-electron chi connectivity index (χ0n) is 13.7. The van der Waals surface area contributed by atoms with E-state index in [-0.39, 0.29) is 11.0 Å². The van der Waals surface area contributed by atoms with Crippen molar-refractivity contribution in [3.05, 3.63) is 0 Å². The third kappa shape index (κ3) is 4.71. The van der Waals surface area contributed by atoms with Crippen LogP contribution >= 0.6 is 0 Å². The second-order valence-electron chi connectivity index (χ2n) is 7.61. The molecule has 0 aromatic rings. The van der Waals surface area contributed by atoms with Gasteiger partial charge in [0.05, 0.1) is 0 Å². The highest BCUT2D eigenvalue weighted by Gasteiger charge is 2.47. The summed E-state index contributed by atoms with van der Waals surface area (Å²) in [5.41, 5.74) is 0. The van der Waals surface area contributed by atoms with Crippen LogP contribution in [-0.2, 0) is 9.22 Å². The van der Waals surface area contributed by atoms with Gasteiger partial charge in [0, 0.05) is 12.0 Å². The summed E-state index contributed by atoms with van der Waals surface area (Å²) in [6.07, 6.45) is 7.39. The third-order valence-corrected chi connectivity index (χ3v) is 9.39. The number of unbranched alkanes of at least 4 members (excludes halogenated alkanes) is 2. The van der Waals surface area contributed by atoms with Crippen molar-refractivity contribution in [1.29, 1.82) is 0 Å². The molecule has 2 nitrogen and oxygen atoms in total. The van der Waals surface area contributed by atoms with E-state index in [0.717, 1.165) is 19.1 Å². The fraction of sp³-hybridized carbons (Fsp3) is 0.938. The molecule has 0 aromatic carbocycles. The molecule has 0 spiro atoms. The molecule has 0 amide bonds. The maximum absolute atomic E-state index is 10.9. The summed E-state index contributed by atoms with van der Waals surface area (Å²) >= 11 is 0. The quantitative estimate of drug-likeness (QED) is 0.364. The molecule has 0 heterocycles. The maximum Gasteiger partial charge on any atom is 0.192 e. The topological polar surface area (TPSA) is 26.3 Å². The number of rotatable bonds is 8. The lowest BCUT2D eigenvalue weighted by molar-refractivity contribution is -0.109. The summed E-state index contributed by atoms with van der Waals surface area (Å²) in [4.78, 5) is 10.9. The Labute approximate surface area is 120 Å². The zero-order valence-corrected chi connectivity index (χ0v) is 14.7. The first-order chi connectivity index (χ1) is 8.73. The Morgan fingerprint density at radius 1 is 1.32 bits per heavy atom. The Kier molecular flexibility index (Phi) is 5.81. The predicted octanol–water partition coefficient (Wildman–Crippen LogP) is 4.79.